The van der Waals surface area contributed by atoms with E-state index in [1.807, 2.05) is 42.6 Å². The minimum atomic E-state index is -0.702. The fourth-order valence-corrected chi connectivity index (χ4v) is 5.06. The number of carbonyl (C=O) groups is 2. The first-order chi connectivity index (χ1) is 15.0. The Morgan fingerprint density at radius 3 is 3.06 bits per heavy atom. The zero-order valence-electron chi connectivity index (χ0n) is 17.7. The molecule has 2 fully saturated rings. The van der Waals surface area contributed by atoms with Crippen LogP contribution < -0.4 is 4.74 Å². The van der Waals surface area contributed by atoms with Gasteiger partial charge in [0.2, 0.25) is 11.8 Å². The Kier molecular flexibility index (Phi) is 4.81. The van der Waals surface area contributed by atoms with E-state index in [0.29, 0.717) is 26.1 Å². The summed E-state index contributed by atoms with van der Waals surface area (Å²) in [6.45, 7) is 1.49. The Labute approximate surface area is 180 Å². The number of ether oxygens (including phenoxy) is 2. The molecule has 0 radical (unpaired) electrons. The van der Waals surface area contributed by atoms with E-state index in [1.165, 1.54) is 0 Å². The molecule has 1 N–H and O–H groups in total. The number of benzene rings is 1. The van der Waals surface area contributed by atoms with E-state index in [9.17, 15) is 9.59 Å². The quantitative estimate of drug-likeness (QED) is 0.682. The molecular formula is C23H26N4O4. The predicted octanol–water partition coefficient (Wildman–Crippen LogP) is 1.40. The largest absolute Gasteiger partial charge is 0.497 e. The SMILES string of the molecule is COc1cccc(CN2C[C@]34C=C[C@H](O3)[C@H](C(=O)N(C)CCc3cn[nH]c3)[C@H]4C2=O)c1. The van der Waals surface area contributed by atoms with Crippen molar-refractivity contribution < 1.29 is 19.1 Å². The lowest BCUT2D eigenvalue weighted by atomic mass is 9.76. The van der Waals surface area contributed by atoms with Crippen molar-refractivity contribution in [2.45, 2.75) is 24.7 Å². The number of hydrogen-bond donors (Lipinski definition) is 1. The fourth-order valence-electron chi connectivity index (χ4n) is 5.06. The summed E-state index contributed by atoms with van der Waals surface area (Å²) in [6.07, 6.45) is 7.89. The van der Waals surface area contributed by atoms with Crippen LogP contribution in [0.25, 0.3) is 0 Å². The van der Waals surface area contributed by atoms with Gasteiger partial charge in [0.05, 0.1) is 37.8 Å². The summed E-state index contributed by atoms with van der Waals surface area (Å²) in [7, 11) is 3.41. The number of fused-ring (bicyclic) bond motifs is 1. The molecule has 3 aliphatic heterocycles. The number of aromatic nitrogens is 2. The van der Waals surface area contributed by atoms with Crippen molar-refractivity contribution in [3.8, 4) is 5.75 Å². The molecule has 5 rings (SSSR count). The van der Waals surface area contributed by atoms with E-state index in [-0.39, 0.29) is 17.9 Å². The van der Waals surface area contributed by atoms with Crippen molar-refractivity contribution in [3.63, 3.8) is 0 Å². The molecule has 2 saturated heterocycles. The lowest BCUT2D eigenvalue weighted by molar-refractivity contribution is -0.142. The molecule has 1 aromatic carbocycles. The number of nitrogens with one attached hydrogen (secondary N) is 1. The Bertz CT molecular complexity index is 1020. The van der Waals surface area contributed by atoms with Crippen LogP contribution in [0, 0.1) is 11.8 Å². The molecule has 4 atom stereocenters. The molecule has 3 aliphatic rings. The van der Waals surface area contributed by atoms with Gasteiger partial charge in [-0.3, -0.25) is 14.7 Å². The second-order valence-electron chi connectivity index (χ2n) is 8.56. The van der Waals surface area contributed by atoms with Gasteiger partial charge in [-0.2, -0.15) is 5.10 Å². The van der Waals surface area contributed by atoms with Gasteiger partial charge in [0.1, 0.15) is 11.4 Å². The first-order valence-corrected chi connectivity index (χ1v) is 10.5. The maximum absolute atomic E-state index is 13.4. The van der Waals surface area contributed by atoms with Crippen molar-refractivity contribution in [2.75, 3.05) is 27.2 Å². The Morgan fingerprint density at radius 2 is 2.29 bits per heavy atom. The molecule has 31 heavy (non-hydrogen) atoms. The van der Waals surface area contributed by atoms with Crippen molar-refractivity contribution in [1.82, 2.24) is 20.0 Å². The topological polar surface area (TPSA) is 87.8 Å². The minimum absolute atomic E-state index is 0.0174. The highest BCUT2D eigenvalue weighted by Crippen LogP contribution is 2.52. The van der Waals surface area contributed by atoms with Crippen LogP contribution in [-0.2, 0) is 27.3 Å². The monoisotopic (exact) mass is 422 g/mol. The molecule has 2 bridgehead atoms. The highest BCUT2D eigenvalue weighted by Gasteiger charge is 2.67. The van der Waals surface area contributed by atoms with E-state index < -0.39 is 17.4 Å². The van der Waals surface area contributed by atoms with Gasteiger partial charge in [0.15, 0.2) is 0 Å². The number of rotatable bonds is 7. The molecule has 0 unspecified atom stereocenters. The van der Waals surface area contributed by atoms with Crippen LogP contribution in [0.15, 0.2) is 48.8 Å². The smallest absolute Gasteiger partial charge is 0.230 e. The van der Waals surface area contributed by atoms with E-state index in [2.05, 4.69) is 10.2 Å². The van der Waals surface area contributed by atoms with Crippen molar-refractivity contribution in [1.29, 1.82) is 0 Å². The first kappa shape index (κ1) is 19.8. The summed E-state index contributed by atoms with van der Waals surface area (Å²) in [5.74, 6) is -0.261. The number of nitrogens with zero attached hydrogens (tertiary/aromatic N) is 3. The number of aromatic amines is 1. The first-order valence-electron chi connectivity index (χ1n) is 10.5. The molecule has 1 spiro atoms. The van der Waals surface area contributed by atoms with Gasteiger partial charge in [0, 0.05) is 26.3 Å². The Hall–Kier alpha value is -3.13. The second-order valence-corrected chi connectivity index (χ2v) is 8.56. The van der Waals surface area contributed by atoms with Crippen LogP contribution in [0.3, 0.4) is 0 Å². The third-order valence-corrected chi connectivity index (χ3v) is 6.64. The summed E-state index contributed by atoms with van der Waals surface area (Å²) >= 11 is 0. The van der Waals surface area contributed by atoms with Gasteiger partial charge in [-0.1, -0.05) is 24.3 Å². The Morgan fingerprint density at radius 1 is 1.42 bits per heavy atom. The predicted molar refractivity (Wildman–Crippen MR) is 112 cm³/mol. The lowest BCUT2D eigenvalue weighted by Gasteiger charge is -2.27. The molecule has 2 amide bonds. The number of amides is 2. The third kappa shape index (κ3) is 3.31. The van der Waals surface area contributed by atoms with Crippen LogP contribution in [0.4, 0.5) is 0 Å². The van der Waals surface area contributed by atoms with Crippen LogP contribution in [0.5, 0.6) is 5.75 Å². The van der Waals surface area contributed by atoms with Gasteiger partial charge >= 0.3 is 0 Å². The van der Waals surface area contributed by atoms with E-state index in [4.69, 9.17) is 9.47 Å². The van der Waals surface area contributed by atoms with Crippen LogP contribution in [-0.4, -0.2) is 70.8 Å². The van der Waals surface area contributed by atoms with Crippen molar-refractivity contribution in [2.24, 2.45) is 11.8 Å². The average molecular weight is 422 g/mol. The zero-order chi connectivity index (χ0) is 21.6. The maximum atomic E-state index is 13.4. The van der Waals surface area contributed by atoms with Crippen LogP contribution >= 0.6 is 0 Å². The van der Waals surface area contributed by atoms with Gasteiger partial charge in [-0.25, -0.2) is 0 Å². The van der Waals surface area contributed by atoms with Gasteiger partial charge in [-0.05, 0) is 29.7 Å². The average Bonchev–Trinajstić information content (AvgIpc) is 3.55. The molecule has 1 aromatic heterocycles. The molecule has 8 nitrogen and oxygen atoms in total. The molecule has 2 aromatic rings. The second kappa shape index (κ2) is 7.53. The van der Waals surface area contributed by atoms with E-state index >= 15 is 0 Å². The van der Waals surface area contributed by atoms with E-state index in [0.717, 1.165) is 16.9 Å². The molecule has 162 valence electrons. The summed E-state index contributed by atoms with van der Waals surface area (Å²) in [5, 5.41) is 6.73. The fraction of sp³-hybridized carbons (Fsp3) is 0.435. The molecule has 0 aliphatic carbocycles. The molecule has 8 heteroatoms. The highest BCUT2D eigenvalue weighted by molar-refractivity contribution is 5.93. The van der Waals surface area contributed by atoms with Gasteiger partial charge in [-0.15, -0.1) is 0 Å². The summed E-state index contributed by atoms with van der Waals surface area (Å²) in [4.78, 5) is 30.3. The van der Waals surface area contributed by atoms with Gasteiger partial charge in [0.25, 0.3) is 0 Å². The maximum Gasteiger partial charge on any atom is 0.230 e. The number of likely N-dealkylation sites (N-methyl/N-ethyl adjacent to an activating group) is 1. The number of hydrogen-bond acceptors (Lipinski definition) is 5. The Balaban J connectivity index is 1.32. The molecule has 4 heterocycles. The minimum Gasteiger partial charge on any atom is -0.497 e. The van der Waals surface area contributed by atoms with Gasteiger partial charge < -0.3 is 19.3 Å². The highest BCUT2D eigenvalue weighted by atomic mass is 16.5. The van der Waals surface area contributed by atoms with Crippen molar-refractivity contribution >= 4 is 11.8 Å². The summed E-state index contributed by atoms with van der Waals surface area (Å²) in [5.41, 5.74) is 1.33. The lowest BCUT2D eigenvalue weighted by Crippen LogP contribution is -2.45. The summed E-state index contributed by atoms with van der Waals surface area (Å²) < 4.78 is 11.5. The van der Waals surface area contributed by atoms with Crippen LogP contribution in [0.1, 0.15) is 11.1 Å². The molecular weight excluding hydrogens is 396 g/mol. The number of carbonyl (C=O) groups excluding carboxylic acids is 2. The normalized spacial score (nSPS) is 28.3. The molecule has 0 saturated carbocycles. The van der Waals surface area contributed by atoms with Crippen LogP contribution in [0.2, 0.25) is 0 Å². The zero-order valence-corrected chi connectivity index (χ0v) is 17.7. The van der Waals surface area contributed by atoms with E-state index in [1.54, 1.807) is 30.2 Å². The third-order valence-electron chi connectivity index (χ3n) is 6.64. The standard InChI is InChI=1S/C23H26N4O4/c1-26(9-7-16-11-24-25-12-16)21(28)19-18-6-8-23(31-18)14-27(22(29)20(19)23)13-15-4-3-5-17(10-15)30-2/h3-6,8,10-12,18-20H,7,9,13-14H2,1-2H3,(H,24,25)/t18-,19-,20-,23-/m0/s1. The number of methoxy groups -OCH3 is 1. The summed E-state index contributed by atoms with van der Waals surface area (Å²) in [6, 6.07) is 7.70. The van der Waals surface area contributed by atoms with Crippen molar-refractivity contribution in [3.05, 3.63) is 59.9 Å². The number of H-pyrrole nitrogens is 1. The number of likely N-dealkylation sites (tertiary alicyclic amines) is 1.